The molecule has 2 aromatic rings. The number of carbonyl (C=O) groups excluding carboxylic acids is 1. The van der Waals surface area contributed by atoms with Gasteiger partial charge in [-0.2, -0.15) is 0 Å². The molecule has 22 heavy (non-hydrogen) atoms. The van der Waals surface area contributed by atoms with Gasteiger partial charge >= 0.3 is 0 Å². The maximum Gasteiger partial charge on any atom is 0.252 e. The molecule has 0 aliphatic heterocycles. The van der Waals surface area contributed by atoms with Crippen LogP contribution in [0.25, 0.3) is 0 Å². The lowest BCUT2D eigenvalue weighted by Crippen LogP contribution is -2.26. The second-order valence-corrected chi connectivity index (χ2v) is 5.46. The lowest BCUT2D eigenvalue weighted by Gasteiger charge is -2.12. The second-order valence-electron chi connectivity index (χ2n) is 5.05. The number of hydrogen-bond acceptors (Lipinski definition) is 2. The van der Waals surface area contributed by atoms with Gasteiger partial charge in [0.1, 0.15) is 5.82 Å². The molecule has 0 bridgehead atoms. The number of amides is 1. The average molecular weight is 322 g/mol. The van der Waals surface area contributed by atoms with Gasteiger partial charge in [0.2, 0.25) is 0 Å². The molecule has 0 heterocycles. The summed E-state index contributed by atoms with van der Waals surface area (Å²) in [5, 5.41) is 12.8. The predicted molar refractivity (Wildman–Crippen MR) is 84.5 cm³/mol. The number of rotatable bonds is 5. The van der Waals surface area contributed by atoms with Crippen molar-refractivity contribution in [2.45, 2.75) is 19.4 Å². The van der Waals surface area contributed by atoms with Crippen molar-refractivity contribution in [2.75, 3.05) is 6.54 Å². The van der Waals surface area contributed by atoms with Gasteiger partial charge in [0.15, 0.2) is 0 Å². The molecular formula is C17H17ClFNO2. The van der Waals surface area contributed by atoms with Gasteiger partial charge in [0.25, 0.3) is 5.91 Å². The number of hydrogen-bond donors (Lipinski definition) is 2. The maximum atomic E-state index is 13.3. The molecule has 5 heteroatoms. The van der Waals surface area contributed by atoms with Crippen molar-refractivity contribution >= 4 is 17.5 Å². The standard InChI is InChI=1S/C17H17ClFNO2/c1-11-9-13(14(18)10-15(11)19)17(22)20-8-7-16(21)12-5-3-2-4-6-12/h2-6,9-10,16,21H,7-8H2,1H3,(H,20,22). The van der Waals surface area contributed by atoms with Crippen molar-refractivity contribution in [2.24, 2.45) is 0 Å². The summed E-state index contributed by atoms with van der Waals surface area (Å²) in [6.07, 6.45) is -0.264. The molecule has 0 aromatic heterocycles. The van der Waals surface area contributed by atoms with Crippen LogP contribution in [0.4, 0.5) is 4.39 Å². The van der Waals surface area contributed by atoms with Crippen molar-refractivity contribution in [3.05, 3.63) is 70.0 Å². The van der Waals surface area contributed by atoms with Crippen molar-refractivity contribution in [3.63, 3.8) is 0 Å². The monoisotopic (exact) mass is 321 g/mol. The van der Waals surface area contributed by atoms with Crippen LogP contribution < -0.4 is 5.32 Å². The smallest absolute Gasteiger partial charge is 0.252 e. The Balaban J connectivity index is 1.92. The van der Waals surface area contributed by atoms with Crippen molar-refractivity contribution in [1.29, 1.82) is 0 Å². The van der Waals surface area contributed by atoms with Gasteiger partial charge in [-0.3, -0.25) is 4.79 Å². The largest absolute Gasteiger partial charge is 0.388 e. The van der Waals surface area contributed by atoms with Crippen LogP contribution in [0.2, 0.25) is 5.02 Å². The number of aryl methyl sites for hydroxylation is 1. The summed E-state index contributed by atoms with van der Waals surface area (Å²) in [6.45, 7) is 1.86. The number of aliphatic hydroxyl groups is 1. The highest BCUT2D eigenvalue weighted by atomic mass is 35.5. The Morgan fingerprint density at radius 2 is 2.00 bits per heavy atom. The highest BCUT2D eigenvalue weighted by molar-refractivity contribution is 6.33. The van der Waals surface area contributed by atoms with Crippen LogP contribution in [0.5, 0.6) is 0 Å². The van der Waals surface area contributed by atoms with E-state index in [4.69, 9.17) is 11.6 Å². The van der Waals surface area contributed by atoms with Gasteiger partial charge in [-0.05, 0) is 36.6 Å². The van der Waals surface area contributed by atoms with E-state index in [1.54, 1.807) is 6.92 Å². The van der Waals surface area contributed by atoms with E-state index < -0.39 is 11.9 Å². The van der Waals surface area contributed by atoms with Crippen molar-refractivity contribution < 1.29 is 14.3 Å². The number of halogens is 2. The minimum atomic E-state index is -0.646. The molecule has 116 valence electrons. The molecule has 2 aromatic carbocycles. The quantitative estimate of drug-likeness (QED) is 0.883. The molecule has 0 spiro atoms. The maximum absolute atomic E-state index is 13.3. The summed E-state index contributed by atoms with van der Waals surface area (Å²) < 4.78 is 13.3. The average Bonchev–Trinajstić information content (AvgIpc) is 2.51. The van der Waals surface area contributed by atoms with E-state index in [2.05, 4.69) is 5.32 Å². The molecule has 3 nitrogen and oxygen atoms in total. The van der Waals surface area contributed by atoms with E-state index >= 15 is 0 Å². The fraction of sp³-hybridized carbons (Fsp3) is 0.235. The van der Waals surface area contributed by atoms with Crippen LogP contribution in [0.1, 0.15) is 34.0 Å². The number of aliphatic hydroxyl groups excluding tert-OH is 1. The Kier molecular flexibility index (Phi) is 5.52. The van der Waals surface area contributed by atoms with Gasteiger partial charge in [-0.1, -0.05) is 41.9 Å². The molecule has 0 aliphatic rings. The predicted octanol–water partition coefficient (Wildman–Crippen LogP) is 3.64. The molecule has 1 unspecified atom stereocenters. The fourth-order valence-electron chi connectivity index (χ4n) is 2.09. The molecule has 0 saturated heterocycles. The van der Waals surface area contributed by atoms with Gasteiger partial charge in [-0.15, -0.1) is 0 Å². The molecule has 2 rings (SSSR count). The summed E-state index contributed by atoms with van der Waals surface area (Å²) in [6, 6.07) is 11.8. The topological polar surface area (TPSA) is 49.3 Å². The molecule has 0 aliphatic carbocycles. The van der Waals surface area contributed by atoms with E-state index in [0.717, 1.165) is 11.6 Å². The molecule has 2 N–H and O–H groups in total. The summed E-state index contributed by atoms with van der Waals surface area (Å²) in [5.41, 5.74) is 1.39. The lowest BCUT2D eigenvalue weighted by atomic mass is 10.1. The third-order valence-corrected chi connectivity index (χ3v) is 3.69. The second kappa shape index (κ2) is 7.38. The van der Waals surface area contributed by atoms with E-state index in [1.165, 1.54) is 6.07 Å². The molecule has 1 atom stereocenters. The van der Waals surface area contributed by atoms with Crippen LogP contribution in [0.3, 0.4) is 0 Å². The number of benzene rings is 2. The summed E-state index contributed by atoms with van der Waals surface area (Å²) in [4.78, 5) is 12.0. The SMILES string of the molecule is Cc1cc(C(=O)NCCC(O)c2ccccc2)c(Cl)cc1F. The van der Waals surface area contributed by atoms with E-state index in [1.807, 2.05) is 30.3 Å². The first-order valence-corrected chi connectivity index (χ1v) is 7.33. The van der Waals surface area contributed by atoms with Gasteiger partial charge in [0, 0.05) is 6.54 Å². The third kappa shape index (κ3) is 4.06. The van der Waals surface area contributed by atoms with Crippen LogP contribution in [-0.4, -0.2) is 17.6 Å². The fourth-order valence-corrected chi connectivity index (χ4v) is 2.33. The first-order chi connectivity index (χ1) is 10.5. The van der Waals surface area contributed by atoms with Crippen LogP contribution in [-0.2, 0) is 0 Å². The lowest BCUT2D eigenvalue weighted by molar-refractivity contribution is 0.0942. The molecular weight excluding hydrogens is 305 g/mol. The zero-order chi connectivity index (χ0) is 16.1. The van der Waals surface area contributed by atoms with E-state index in [9.17, 15) is 14.3 Å². The molecule has 0 saturated carbocycles. The molecule has 0 fully saturated rings. The summed E-state index contributed by atoms with van der Waals surface area (Å²) in [7, 11) is 0. The van der Waals surface area contributed by atoms with Crippen molar-refractivity contribution in [1.82, 2.24) is 5.32 Å². The zero-order valence-electron chi connectivity index (χ0n) is 12.1. The van der Waals surface area contributed by atoms with Crippen molar-refractivity contribution in [3.8, 4) is 0 Å². The number of carbonyl (C=O) groups is 1. The van der Waals surface area contributed by atoms with Crippen LogP contribution in [0.15, 0.2) is 42.5 Å². The Morgan fingerprint density at radius 3 is 2.68 bits per heavy atom. The first kappa shape index (κ1) is 16.5. The highest BCUT2D eigenvalue weighted by Gasteiger charge is 2.14. The minimum Gasteiger partial charge on any atom is -0.388 e. The normalized spacial score (nSPS) is 12.0. The van der Waals surface area contributed by atoms with Crippen LogP contribution in [0, 0.1) is 12.7 Å². The van der Waals surface area contributed by atoms with E-state index in [0.29, 0.717) is 18.5 Å². The van der Waals surface area contributed by atoms with Crippen LogP contribution >= 0.6 is 11.6 Å². The van der Waals surface area contributed by atoms with Gasteiger partial charge < -0.3 is 10.4 Å². The number of nitrogens with one attached hydrogen (secondary N) is 1. The first-order valence-electron chi connectivity index (χ1n) is 6.96. The Bertz CT molecular complexity index is 661. The van der Waals surface area contributed by atoms with Gasteiger partial charge in [0.05, 0.1) is 16.7 Å². The Morgan fingerprint density at radius 1 is 1.32 bits per heavy atom. The summed E-state index contributed by atoms with van der Waals surface area (Å²) >= 11 is 5.88. The summed E-state index contributed by atoms with van der Waals surface area (Å²) in [5.74, 6) is -0.825. The van der Waals surface area contributed by atoms with E-state index in [-0.39, 0.29) is 16.5 Å². The molecule has 1 amide bonds. The third-order valence-electron chi connectivity index (χ3n) is 3.38. The Hall–Kier alpha value is -1.91. The minimum absolute atomic E-state index is 0.0733. The molecule has 0 radical (unpaired) electrons. The zero-order valence-corrected chi connectivity index (χ0v) is 12.9. The highest BCUT2D eigenvalue weighted by Crippen LogP contribution is 2.20. The Labute approximate surface area is 133 Å². The van der Waals surface area contributed by atoms with Gasteiger partial charge in [-0.25, -0.2) is 4.39 Å².